The highest BCUT2D eigenvalue weighted by Crippen LogP contribution is 2.29. The van der Waals surface area contributed by atoms with E-state index in [9.17, 15) is 0 Å². The molecule has 0 fully saturated rings. The summed E-state index contributed by atoms with van der Waals surface area (Å²) in [5.41, 5.74) is 8.66. The van der Waals surface area contributed by atoms with Crippen LogP contribution < -0.4 is 0 Å². The van der Waals surface area contributed by atoms with Crippen LogP contribution in [0.15, 0.2) is 103 Å². The molecule has 0 aliphatic heterocycles. The van der Waals surface area contributed by atoms with Crippen molar-refractivity contribution in [2.24, 2.45) is 0 Å². The molecule has 0 aliphatic carbocycles. The van der Waals surface area contributed by atoms with Gasteiger partial charge in [0, 0.05) is 16.7 Å². The van der Waals surface area contributed by atoms with Crippen molar-refractivity contribution in [3.8, 4) is 33.9 Å². The van der Waals surface area contributed by atoms with Crippen molar-refractivity contribution in [3.63, 3.8) is 0 Å². The van der Waals surface area contributed by atoms with Gasteiger partial charge in [0.1, 0.15) is 0 Å². The minimum Gasteiger partial charge on any atom is -0.228 e. The van der Waals surface area contributed by atoms with Gasteiger partial charge in [-0.25, -0.2) is 9.97 Å². The maximum atomic E-state index is 4.91. The Bertz CT molecular complexity index is 1230. The topological polar surface area (TPSA) is 25.8 Å². The van der Waals surface area contributed by atoms with Gasteiger partial charge >= 0.3 is 0 Å². The Morgan fingerprint density at radius 1 is 0.677 bits per heavy atom. The first-order valence-electron chi connectivity index (χ1n) is 10.6. The molecule has 1 heterocycles. The lowest BCUT2D eigenvalue weighted by atomic mass is 10.0. The van der Waals surface area contributed by atoms with Gasteiger partial charge in [-0.15, -0.1) is 0 Å². The monoisotopic (exact) mass is 402 g/mol. The Kier molecular flexibility index (Phi) is 6.18. The zero-order chi connectivity index (χ0) is 21.6. The van der Waals surface area contributed by atoms with Crippen LogP contribution >= 0.6 is 0 Å². The van der Waals surface area contributed by atoms with E-state index in [2.05, 4.69) is 98.8 Å². The highest BCUT2D eigenvalue weighted by atomic mass is 14.9. The second kappa shape index (κ2) is 9.36. The predicted molar refractivity (Wildman–Crippen MR) is 132 cm³/mol. The molecule has 2 nitrogen and oxygen atoms in total. The van der Waals surface area contributed by atoms with Gasteiger partial charge in [0.25, 0.3) is 0 Å². The fourth-order valence-corrected chi connectivity index (χ4v) is 3.64. The van der Waals surface area contributed by atoms with Crippen molar-refractivity contribution < 1.29 is 0 Å². The van der Waals surface area contributed by atoms with Gasteiger partial charge in [0.2, 0.25) is 0 Å². The van der Waals surface area contributed by atoms with Crippen LogP contribution in [0.2, 0.25) is 0 Å². The zero-order valence-electron chi connectivity index (χ0n) is 18.2. The zero-order valence-corrected chi connectivity index (χ0v) is 18.2. The second-order valence-electron chi connectivity index (χ2n) is 7.52. The lowest BCUT2D eigenvalue weighted by molar-refractivity contribution is 1.18. The van der Waals surface area contributed by atoms with E-state index in [-0.39, 0.29) is 0 Å². The molecular weight excluding hydrogens is 376 g/mol. The summed E-state index contributed by atoms with van der Waals surface area (Å²) in [5.74, 6) is 0.738. The number of rotatable bonds is 5. The van der Waals surface area contributed by atoms with Crippen LogP contribution in [0.5, 0.6) is 0 Å². The molecule has 0 amide bonds. The standard InChI is InChI=1S/C29H26N2/c1-4-10-22(5-2)23-15-17-24(18-16-23)27-20-28(26-14-9-11-21(3)19-26)31-29(30-27)25-12-7-6-8-13-25/h4-20H,1-3H3/b10-4-,22-5+. The molecule has 0 radical (unpaired) electrons. The summed E-state index contributed by atoms with van der Waals surface area (Å²) < 4.78 is 0. The third-order valence-corrected chi connectivity index (χ3v) is 5.24. The molecule has 0 unspecified atom stereocenters. The summed E-state index contributed by atoms with van der Waals surface area (Å²) in [7, 11) is 0. The molecule has 0 saturated carbocycles. The van der Waals surface area contributed by atoms with Gasteiger partial charge in [-0.3, -0.25) is 0 Å². The lowest BCUT2D eigenvalue weighted by Crippen LogP contribution is -1.96. The molecule has 0 spiro atoms. The fraction of sp³-hybridized carbons (Fsp3) is 0.103. The van der Waals surface area contributed by atoms with Gasteiger partial charge in [0.15, 0.2) is 5.82 Å². The Hall–Kier alpha value is -3.78. The largest absolute Gasteiger partial charge is 0.228 e. The van der Waals surface area contributed by atoms with E-state index < -0.39 is 0 Å². The van der Waals surface area contributed by atoms with Crippen LogP contribution in [-0.4, -0.2) is 9.97 Å². The summed E-state index contributed by atoms with van der Waals surface area (Å²) in [6, 6.07) is 29.3. The molecule has 0 bridgehead atoms. The molecule has 0 aliphatic rings. The van der Waals surface area contributed by atoms with Gasteiger partial charge in [-0.1, -0.05) is 96.6 Å². The van der Waals surface area contributed by atoms with Gasteiger partial charge in [-0.2, -0.15) is 0 Å². The Morgan fingerprint density at radius 2 is 1.35 bits per heavy atom. The van der Waals surface area contributed by atoms with E-state index in [1.807, 2.05) is 25.1 Å². The molecule has 3 aromatic carbocycles. The van der Waals surface area contributed by atoms with E-state index >= 15 is 0 Å². The quantitative estimate of drug-likeness (QED) is 0.319. The Labute approximate surface area is 184 Å². The lowest BCUT2D eigenvalue weighted by Gasteiger charge is -2.10. The molecule has 0 saturated heterocycles. The van der Waals surface area contributed by atoms with E-state index in [1.54, 1.807) is 0 Å². The van der Waals surface area contributed by atoms with E-state index in [0.717, 1.165) is 33.9 Å². The first-order valence-corrected chi connectivity index (χ1v) is 10.6. The van der Waals surface area contributed by atoms with E-state index in [0.29, 0.717) is 0 Å². The van der Waals surface area contributed by atoms with Crippen LogP contribution in [0.4, 0.5) is 0 Å². The molecule has 2 heteroatoms. The summed E-state index contributed by atoms with van der Waals surface area (Å²) in [6.07, 6.45) is 6.32. The number of hydrogen-bond donors (Lipinski definition) is 0. The first-order chi connectivity index (χ1) is 15.2. The smallest absolute Gasteiger partial charge is 0.160 e. The third kappa shape index (κ3) is 4.70. The summed E-state index contributed by atoms with van der Waals surface area (Å²) in [6.45, 7) is 6.20. The minimum absolute atomic E-state index is 0.738. The maximum Gasteiger partial charge on any atom is 0.160 e. The van der Waals surface area contributed by atoms with Crippen molar-refractivity contribution in [2.75, 3.05) is 0 Å². The minimum atomic E-state index is 0.738. The second-order valence-corrected chi connectivity index (χ2v) is 7.52. The van der Waals surface area contributed by atoms with Crippen LogP contribution in [0.1, 0.15) is 25.0 Å². The number of benzene rings is 3. The fourth-order valence-electron chi connectivity index (χ4n) is 3.64. The molecule has 31 heavy (non-hydrogen) atoms. The Morgan fingerprint density at radius 3 is 2.00 bits per heavy atom. The molecule has 4 aromatic rings. The van der Waals surface area contributed by atoms with Crippen LogP contribution in [0.25, 0.3) is 39.5 Å². The van der Waals surface area contributed by atoms with Crippen molar-refractivity contribution in [1.29, 1.82) is 0 Å². The van der Waals surface area contributed by atoms with E-state index in [4.69, 9.17) is 9.97 Å². The average molecular weight is 403 g/mol. The highest BCUT2D eigenvalue weighted by Gasteiger charge is 2.11. The van der Waals surface area contributed by atoms with Gasteiger partial charge in [-0.05, 0) is 44.0 Å². The molecule has 0 atom stereocenters. The Balaban J connectivity index is 1.83. The first kappa shape index (κ1) is 20.5. The van der Waals surface area contributed by atoms with Crippen LogP contribution in [0.3, 0.4) is 0 Å². The summed E-state index contributed by atoms with van der Waals surface area (Å²) in [4.78, 5) is 9.81. The average Bonchev–Trinajstić information content (AvgIpc) is 2.83. The van der Waals surface area contributed by atoms with Crippen molar-refractivity contribution in [3.05, 3.63) is 114 Å². The van der Waals surface area contributed by atoms with Crippen molar-refractivity contribution in [1.82, 2.24) is 9.97 Å². The van der Waals surface area contributed by atoms with Gasteiger partial charge < -0.3 is 0 Å². The van der Waals surface area contributed by atoms with Crippen molar-refractivity contribution in [2.45, 2.75) is 20.8 Å². The number of allylic oxidation sites excluding steroid dienone is 4. The number of nitrogens with zero attached hydrogens (tertiary/aromatic N) is 2. The summed E-state index contributed by atoms with van der Waals surface area (Å²) in [5, 5.41) is 0. The maximum absolute atomic E-state index is 4.91. The van der Waals surface area contributed by atoms with Gasteiger partial charge in [0.05, 0.1) is 11.4 Å². The normalized spacial score (nSPS) is 11.8. The van der Waals surface area contributed by atoms with Crippen molar-refractivity contribution >= 4 is 5.57 Å². The third-order valence-electron chi connectivity index (χ3n) is 5.24. The number of aromatic nitrogens is 2. The molecule has 4 rings (SSSR count). The van der Waals surface area contributed by atoms with E-state index in [1.165, 1.54) is 16.7 Å². The highest BCUT2D eigenvalue weighted by molar-refractivity contribution is 5.77. The predicted octanol–water partition coefficient (Wildman–Crippen LogP) is 7.77. The number of aryl methyl sites for hydroxylation is 1. The number of hydrogen-bond acceptors (Lipinski definition) is 2. The molecular formula is C29H26N2. The molecule has 0 N–H and O–H groups in total. The summed E-state index contributed by atoms with van der Waals surface area (Å²) >= 11 is 0. The molecule has 1 aromatic heterocycles. The van der Waals surface area contributed by atoms with Crippen LogP contribution in [-0.2, 0) is 0 Å². The van der Waals surface area contributed by atoms with Crippen LogP contribution in [0, 0.1) is 6.92 Å². The molecule has 152 valence electrons. The SMILES string of the molecule is C/C=C\C(=C/C)c1ccc(-c2cc(-c3cccc(C)c3)nc(-c3ccccc3)n2)cc1.